The molecule has 0 aliphatic carbocycles. The molecule has 1 unspecified atom stereocenters. The molecule has 5 heterocycles. The van der Waals surface area contributed by atoms with Crippen molar-refractivity contribution in [3.05, 3.63) is 177 Å². The van der Waals surface area contributed by atoms with Gasteiger partial charge in [0.05, 0.1) is 19.2 Å². The quantitative estimate of drug-likeness (QED) is 0.0942. The minimum Gasteiger partial charge on any atom is -1.00 e. The van der Waals surface area contributed by atoms with Gasteiger partial charge in [0.1, 0.15) is 17.8 Å². The molecule has 1 saturated heterocycles. The molecule has 1 N–H and O–H groups in total. The van der Waals surface area contributed by atoms with Gasteiger partial charge in [0.15, 0.2) is 22.3 Å². The maximum atomic E-state index is 13.1. The van der Waals surface area contributed by atoms with E-state index in [-0.39, 0.29) is 74.4 Å². The van der Waals surface area contributed by atoms with Gasteiger partial charge in [0.2, 0.25) is 0 Å². The summed E-state index contributed by atoms with van der Waals surface area (Å²) >= 11 is 6.93. The average molecular weight is 1200 g/mol. The molecule has 1 fully saturated rings. The fourth-order valence-electron chi connectivity index (χ4n) is 7.54. The van der Waals surface area contributed by atoms with E-state index in [9.17, 15) is 29.1 Å². The second-order valence-corrected chi connectivity index (χ2v) is 18.4. The molecule has 9 rings (SSSR count). The van der Waals surface area contributed by atoms with Crippen LogP contribution in [0.3, 0.4) is 0 Å². The van der Waals surface area contributed by atoms with Gasteiger partial charge in [-0.05, 0) is 84.5 Å². The van der Waals surface area contributed by atoms with Gasteiger partial charge in [0.25, 0.3) is 11.1 Å². The van der Waals surface area contributed by atoms with E-state index in [1.807, 2.05) is 68.4 Å². The Morgan fingerprint density at radius 2 is 1.12 bits per heavy atom. The first-order valence-electron chi connectivity index (χ1n) is 23.0. The standard InChI is InChI=1S/C24H25BrN4O4.C21H17BrN4O4.C4H8O.C3H7.BrH.Mg/c1-4-7-19(30)16-9-6-11-18(13-16)33-23-26-21-20(22(31)28(3)24(32)27(21)2)29(23)14-15-8-5-10-17(25)12-15;1-24-18-17(19(28)25(2)21(24)29)26(11-13-5-3-7-15(22)9-13)20(23-18)30-16-8-4-6-14(10-16)12-27;1-2-4-5-3-1;1-3-2;;/h5-6,8-13,19,30H,4,7,14H2,1-3H3;3-10,12H,11H2,1-2H3;1-4H2;1,3H2,2H3;1H;/q;;;-1;;+2/p-1. The normalized spacial score (nSPS) is 12.0. The van der Waals surface area contributed by atoms with Crippen LogP contribution in [0, 0.1) is 6.92 Å². The van der Waals surface area contributed by atoms with Crippen LogP contribution in [0.25, 0.3) is 22.3 Å². The van der Waals surface area contributed by atoms with Crippen LogP contribution in [0.1, 0.15) is 79.1 Å². The largest absolute Gasteiger partial charge is 2.00 e. The first-order valence-corrected chi connectivity index (χ1v) is 24.6. The molecular weight excluding hydrogens is 1140 g/mol. The molecule has 0 spiro atoms. The monoisotopic (exact) mass is 1200 g/mol. The van der Waals surface area contributed by atoms with Crippen LogP contribution in [-0.2, 0) is 46.0 Å². The molecule has 0 bridgehead atoms. The summed E-state index contributed by atoms with van der Waals surface area (Å²) in [6, 6.07) is 29.5. The number of aryl methyl sites for hydroxylation is 2. The molecular formula is C52H57Br3MgN8O9. The topological polar surface area (TPSA) is 189 Å². The molecule has 0 amide bonds. The van der Waals surface area contributed by atoms with Gasteiger partial charge in [-0.3, -0.25) is 41.8 Å². The summed E-state index contributed by atoms with van der Waals surface area (Å²) in [6.07, 6.45) is 5.18. The summed E-state index contributed by atoms with van der Waals surface area (Å²) in [5, 5.41) is 10.4. The Hall–Kier alpha value is -5.42. The number of aromatic nitrogens is 8. The van der Waals surface area contributed by atoms with Gasteiger partial charge in [0, 0.05) is 55.9 Å². The van der Waals surface area contributed by atoms with E-state index >= 15 is 0 Å². The summed E-state index contributed by atoms with van der Waals surface area (Å²) in [5.41, 5.74) is 2.17. The minimum atomic E-state index is -0.591. The predicted molar refractivity (Wildman–Crippen MR) is 287 cm³/mol. The van der Waals surface area contributed by atoms with Gasteiger partial charge in [-0.2, -0.15) is 16.4 Å². The molecule has 4 aromatic carbocycles. The first kappa shape index (κ1) is 60.1. The van der Waals surface area contributed by atoms with Gasteiger partial charge in [-0.15, -0.1) is 0 Å². The van der Waals surface area contributed by atoms with E-state index in [4.69, 9.17) is 14.2 Å². The Balaban J connectivity index is 0.000000269. The number of fused-ring (bicyclic) bond motifs is 2. The Morgan fingerprint density at radius 1 is 0.685 bits per heavy atom. The van der Waals surface area contributed by atoms with Crippen molar-refractivity contribution in [2.75, 3.05) is 13.2 Å². The zero-order valence-corrected chi connectivity index (χ0v) is 47.8. The number of aldehydes is 1. The number of halogens is 3. The number of nitrogens with zero attached hydrogens (tertiary/aromatic N) is 8. The molecule has 73 heavy (non-hydrogen) atoms. The fraction of sp³-hybridized carbons (Fsp3) is 0.308. The molecule has 1 aliphatic rings. The van der Waals surface area contributed by atoms with Crippen LogP contribution in [0.5, 0.6) is 23.5 Å². The number of hydrogen-bond donors (Lipinski definition) is 1. The van der Waals surface area contributed by atoms with Crippen molar-refractivity contribution < 1.29 is 41.1 Å². The second kappa shape index (κ2) is 28.3. The van der Waals surface area contributed by atoms with E-state index in [2.05, 4.69) is 48.8 Å². The molecule has 1 atom stereocenters. The summed E-state index contributed by atoms with van der Waals surface area (Å²) in [6.45, 7) is 10.1. The molecule has 0 saturated carbocycles. The third-order valence-electron chi connectivity index (χ3n) is 11.1. The zero-order chi connectivity index (χ0) is 51.4. The maximum absolute atomic E-state index is 13.1. The van der Waals surface area contributed by atoms with Crippen molar-refractivity contribution in [3.63, 3.8) is 0 Å². The minimum absolute atomic E-state index is 0. The van der Waals surface area contributed by atoms with Crippen molar-refractivity contribution in [2.24, 2.45) is 28.2 Å². The second-order valence-electron chi connectivity index (χ2n) is 16.6. The van der Waals surface area contributed by atoms with E-state index in [1.54, 1.807) is 65.7 Å². The summed E-state index contributed by atoms with van der Waals surface area (Å²) < 4.78 is 26.9. The third-order valence-corrected chi connectivity index (χ3v) is 12.1. The van der Waals surface area contributed by atoms with Crippen molar-refractivity contribution in [1.29, 1.82) is 0 Å². The van der Waals surface area contributed by atoms with Crippen molar-refractivity contribution in [2.45, 2.75) is 65.1 Å². The van der Waals surface area contributed by atoms with Gasteiger partial charge in [-0.25, -0.2) is 9.59 Å². The molecule has 21 heteroatoms. The smallest absolute Gasteiger partial charge is 1.00 e. The number of rotatable bonds is 12. The first-order chi connectivity index (χ1) is 34.1. The number of aliphatic hydroxyl groups excluding tert-OH is 1. The Morgan fingerprint density at radius 3 is 1.53 bits per heavy atom. The summed E-state index contributed by atoms with van der Waals surface area (Å²) in [5.74, 6) is 0.877. The number of aliphatic hydroxyl groups is 1. The Labute approximate surface area is 465 Å². The maximum Gasteiger partial charge on any atom is 2.00 e. The van der Waals surface area contributed by atoms with Crippen LogP contribution < -0.4 is 49.0 Å². The van der Waals surface area contributed by atoms with E-state index in [0.29, 0.717) is 36.6 Å². The average Bonchev–Trinajstić information content (AvgIpc) is 4.14. The van der Waals surface area contributed by atoms with Crippen molar-refractivity contribution in [1.82, 2.24) is 37.4 Å². The molecule has 17 nitrogen and oxygen atoms in total. The molecule has 382 valence electrons. The Bertz CT molecular complexity index is 3390. The number of carbonyl (C=O) groups is 1. The van der Waals surface area contributed by atoms with Gasteiger partial charge in [-0.1, -0.05) is 101 Å². The van der Waals surface area contributed by atoms with Crippen LogP contribution in [0.2, 0.25) is 0 Å². The van der Waals surface area contributed by atoms with E-state index < -0.39 is 28.6 Å². The van der Waals surface area contributed by atoms with Crippen molar-refractivity contribution >= 4 is 83.5 Å². The van der Waals surface area contributed by atoms with Gasteiger partial charge >= 0.3 is 46.5 Å². The van der Waals surface area contributed by atoms with Crippen LogP contribution >= 0.6 is 31.9 Å². The number of carbonyl (C=O) groups excluding carboxylic acids is 1. The van der Waals surface area contributed by atoms with Crippen LogP contribution in [0.15, 0.2) is 125 Å². The molecule has 1 aliphatic heterocycles. The number of imidazole rings is 2. The number of benzene rings is 4. The predicted octanol–water partition coefficient (Wildman–Crippen LogP) is 5.37. The summed E-state index contributed by atoms with van der Waals surface area (Å²) in [7, 11) is 6.00. The molecule has 0 radical (unpaired) electrons. The zero-order valence-electron chi connectivity index (χ0n) is 41.6. The van der Waals surface area contributed by atoms with E-state index in [1.165, 1.54) is 36.1 Å². The third kappa shape index (κ3) is 14.9. The van der Waals surface area contributed by atoms with Gasteiger partial charge < -0.3 is 43.2 Å². The SMILES string of the molecule is C1CCOC1.CCCC(O)c1cccc(Oc2nc3c(c(=O)n(C)c(=O)n3C)n2Cc2cccc(Br)c2)c1.Cn1c(=O)c2c(nc(Oc3cccc(C=O)c3)n2Cc2cccc(Br)c2)n(C)c1=O.[Br-].[CH2-]CC.[Mg+2]. The van der Waals surface area contributed by atoms with Crippen LogP contribution in [0.4, 0.5) is 0 Å². The fourth-order valence-corrected chi connectivity index (χ4v) is 8.43. The molecule has 4 aromatic heterocycles. The number of hydrogen-bond acceptors (Lipinski definition) is 11. The summed E-state index contributed by atoms with van der Waals surface area (Å²) in [4.78, 5) is 70.8. The van der Waals surface area contributed by atoms with Crippen LogP contribution in [-0.4, -0.2) is 85.0 Å². The number of ether oxygens (including phenoxy) is 3. The Kier molecular flexibility index (Phi) is 23.3. The van der Waals surface area contributed by atoms with E-state index in [0.717, 1.165) is 67.1 Å². The van der Waals surface area contributed by atoms with Crippen molar-refractivity contribution in [3.8, 4) is 23.5 Å². The molecule has 8 aromatic rings.